The Hall–Kier alpha value is -1.88. The number of hydrogen-bond donors (Lipinski definition) is 3. The number of rotatable bonds is 8. The zero-order chi connectivity index (χ0) is 22.6. The maximum Gasteiger partial charge on any atom is 0.224 e. The van der Waals surface area contributed by atoms with E-state index in [0.29, 0.717) is 11.4 Å². The van der Waals surface area contributed by atoms with Gasteiger partial charge in [0.2, 0.25) is 5.91 Å². The molecule has 1 atom stereocenters. The highest BCUT2D eigenvalue weighted by Gasteiger charge is 2.25. The fourth-order valence-electron chi connectivity index (χ4n) is 3.85. The van der Waals surface area contributed by atoms with Crippen LogP contribution in [0.3, 0.4) is 0 Å². The molecule has 5 heteroatoms. The summed E-state index contributed by atoms with van der Waals surface area (Å²) in [5.41, 5.74) is 4.79. The van der Waals surface area contributed by atoms with Gasteiger partial charge < -0.3 is 15.5 Å². The summed E-state index contributed by atoms with van der Waals surface area (Å²) in [5.74, 6) is 0.0718. The summed E-state index contributed by atoms with van der Waals surface area (Å²) in [7, 11) is 0. The first-order chi connectivity index (χ1) is 14.0. The van der Waals surface area contributed by atoms with Crippen LogP contribution in [0.5, 0.6) is 0 Å². The molecule has 2 aromatic carbocycles. The second-order valence-electron chi connectivity index (χ2n) is 8.88. The number of carbonyl (C=O) groups is 1. The minimum absolute atomic E-state index is 0.160. The number of aryl methyl sites for hydroxylation is 1. The number of benzene rings is 2. The SMILES string of the molecule is Cc1ccc(Cl)c(CC(=O)NC(CO)Cc2c(C(C)C)cccc2C(C)(C)O)c1C. The van der Waals surface area contributed by atoms with E-state index in [2.05, 4.69) is 19.2 Å². The van der Waals surface area contributed by atoms with Gasteiger partial charge in [-0.25, -0.2) is 0 Å². The molecule has 1 amide bonds. The molecule has 2 rings (SSSR count). The summed E-state index contributed by atoms with van der Waals surface area (Å²) in [5, 5.41) is 24.2. The highest BCUT2D eigenvalue weighted by Crippen LogP contribution is 2.31. The van der Waals surface area contributed by atoms with Crippen molar-refractivity contribution in [1.82, 2.24) is 5.32 Å². The van der Waals surface area contributed by atoms with Gasteiger partial charge in [-0.15, -0.1) is 0 Å². The van der Waals surface area contributed by atoms with E-state index in [1.807, 2.05) is 44.2 Å². The number of hydrogen-bond acceptors (Lipinski definition) is 3. The third-order valence-electron chi connectivity index (χ3n) is 5.68. The fraction of sp³-hybridized carbons (Fsp3) is 0.480. The van der Waals surface area contributed by atoms with Crippen molar-refractivity contribution in [3.05, 3.63) is 68.7 Å². The molecule has 4 nitrogen and oxygen atoms in total. The predicted octanol–water partition coefficient (Wildman–Crippen LogP) is 4.57. The van der Waals surface area contributed by atoms with E-state index in [1.54, 1.807) is 13.8 Å². The second-order valence-corrected chi connectivity index (χ2v) is 9.29. The van der Waals surface area contributed by atoms with E-state index < -0.39 is 11.6 Å². The second kappa shape index (κ2) is 9.95. The van der Waals surface area contributed by atoms with Crippen LogP contribution in [0.2, 0.25) is 5.02 Å². The van der Waals surface area contributed by atoms with Crippen LogP contribution in [0.25, 0.3) is 0 Å². The Bertz CT molecular complexity index is 900. The van der Waals surface area contributed by atoms with Gasteiger partial charge in [0.1, 0.15) is 0 Å². The smallest absolute Gasteiger partial charge is 0.224 e. The quantitative estimate of drug-likeness (QED) is 0.573. The molecular formula is C25H34ClNO3. The Morgan fingerprint density at radius 1 is 1.13 bits per heavy atom. The summed E-state index contributed by atoms with van der Waals surface area (Å²) in [6.45, 7) is 11.5. The van der Waals surface area contributed by atoms with Crippen LogP contribution in [0.4, 0.5) is 0 Å². The topological polar surface area (TPSA) is 69.6 Å². The van der Waals surface area contributed by atoms with Crippen molar-refractivity contribution in [3.8, 4) is 0 Å². The summed E-state index contributed by atoms with van der Waals surface area (Å²) >= 11 is 6.32. The third kappa shape index (κ3) is 5.84. The summed E-state index contributed by atoms with van der Waals surface area (Å²) in [6.07, 6.45) is 0.601. The van der Waals surface area contributed by atoms with Crippen LogP contribution in [0.15, 0.2) is 30.3 Å². The van der Waals surface area contributed by atoms with Gasteiger partial charge in [0.25, 0.3) is 0 Å². The van der Waals surface area contributed by atoms with Crippen LogP contribution in [0.1, 0.15) is 67.0 Å². The van der Waals surface area contributed by atoms with Gasteiger partial charge in [-0.1, -0.05) is 49.7 Å². The normalized spacial score (nSPS) is 12.9. The molecule has 0 spiro atoms. The molecule has 0 fully saturated rings. The maximum absolute atomic E-state index is 12.8. The number of carbonyl (C=O) groups excluding carboxylic acids is 1. The molecule has 0 aliphatic rings. The molecule has 0 radical (unpaired) electrons. The van der Waals surface area contributed by atoms with Crippen molar-refractivity contribution in [2.75, 3.05) is 6.61 Å². The largest absolute Gasteiger partial charge is 0.394 e. The van der Waals surface area contributed by atoms with E-state index in [0.717, 1.165) is 33.4 Å². The van der Waals surface area contributed by atoms with Crippen LogP contribution in [-0.2, 0) is 23.2 Å². The number of aliphatic hydroxyl groups excluding tert-OH is 1. The van der Waals surface area contributed by atoms with Crippen molar-refractivity contribution in [1.29, 1.82) is 0 Å². The van der Waals surface area contributed by atoms with Gasteiger partial charge in [0.15, 0.2) is 0 Å². The average molecular weight is 432 g/mol. The van der Waals surface area contributed by atoms with E-state index in [4.69, 9.17) is 11.6 Å². The molecule has 2 aromatic rings. The number of halogens is 1. The maximum atomic E-state index is 12.8. The number of aliphatic hydroxyl groups is 2. The Labute approximate surface area is 185 Å². The minimum atomic E-state index is -1.02. The summed E-state index contributed by atoms with van der Waals surface area (Å²) in [6, 6.07) is 9.19. The molecule has 0 saturated heterocycles. The van der Waals surface area contributed by atoms with Crippen molar-refractivity contribution in [2.45, 2.75) is 71.9 Å². The van der Waals surface area contributed by atoms with Gasteiger partial charge in [0.05, 0.1) is 24.7 Å². The van der Waals surface area contributed by atoms with Crippen molar-refractivity contribution < 1.29 is 15.0 Å². The highest BCUT2D eigenvalue weighted by molar-refractivity contribution is 6.31. The summed E-state index contributed by atoms with van der Waals surface area (Å²) < 4.78 is 0. The highest BCUT2D eigenvalue weighted by atomic mass is 35.5. The fourth-order valence-corrected chi connectivity index (χ4v) is 4.12. The molecule has 0 aliphatic carbocycles. The van der Waals surface area contributed by atoms with E-state index >= 15 is 0 Å². The Morgan fingerprint density at radius 3 is 2.37 bits per heavy atom. The minimum Gasteiger partial charge on any atom is -0.394 e. The molecule has 0 heterocycles. The van der Waals surface area contributed by atoms with Crippen LogP contribution >= 0.6 is 11.6 Å². The lowest BCUT2D eigenvalue weighted by Gasteiger charge is -2.27. The average Bonchev–Trinajstić information content (AvgIpc) is 2.66. The van der Waals surface area contributed by atoms with Crippen molar-refractivity contribution >= 4 is 17.5 Å². The zero-order valence-electron chi connectivity index (χ0n) is 18.8. The lowest BCUT2D eigenvalue weighted by atomic mass is 9.84. The molecule has 0 bridgehead atoms. The molecule has 3 N–H and O–H groups in total. The Morgan fingerprint density at radius 2 is 1.80 bits per heavy atom. The summed E-state index contributed by atoms with van der Waals surface area (Å²) in [4.78, 5) is 12.8. The van der Waals surface area contributed by atoms with Gasteiger partial charge >= 0.3 is 0 Å². The third-order valence-corrected chi connectivity index (χ3v) is 6.03. The van der Waals surface area contributed by atoms with Gasteiger partial charge in [-0.05, 0) is 79.5 Å². The van der Waals surface area contributed by atoms with Gasteiger partial charge in [-0.3, -0.25) is 4.79 Å². The number of amides is 1. The van der Waals surface area contributed by atoms with Gasteiger partial charge in [-0.2, -0.15) is 0 Å². The first-order valence-corrected chi connectivity index (χ1v) is 10.8. The lowest BCUT2D eigenvalue weighted by molar-refractivity contribution is -0.121. The molecule has 1 unspecified atom stereocenters. The van der Waals surface area contributed by atoms with E-state index in [-0.39, 0.29) is 24.9 Å². The van der Waals surface area contributed by atoms with Crippen LogP contribution < -0.4 is 5.32 Å². The van der Waals surface area contributed by atoms with Crippen molar-refractivity contribution in [3.63, 3.8) is 0 Å². The molecule has 0 saturated carbocycles. The van der Waals surface area contributed by atoms with Crippen LogP contribution in [-0.4, -0.2) is 28.8 Å². The first-order valence-electron chi connectivity index (χ1n) is 10.4. The predicted molar refractivity (Wildman–Crippen MR) is 123 cm³/mol. The molecular weight excluding hydrogens is 398 g/mol. The Kier molecular flexibility index (Phi) is 8.09. The van der Waals surface area contributed by atoms with E-state index in [1.165, 1.54) is 0 Å². The molecule has 0 aromatic heterocycles. The standard InChI is InChI=1S/C25H34ClNO3/c1-15(2)19-8-7-9-22(25(5,6)30)21(19)12-18(14-28)27-24(29)13-20-17(4)16(3)10-11-23(20)26/h7-11,15,18,28,30H,12-14H2,1-6H3,(H,27,29). The van der Waals surface area contributed by atoms with Gasteiger partial charge in [0, 0.05) is 5.02 Å². The first kappa shape index (κ1) is 24.4. The monoisotopic (exact) mass is 431 g/mol. The molecule has 0 aliphatic heterocycles. The number of nitrogens with one attached hydrogen (secondary N) is 1. The molecule has 30 heavy (non-hydrogen) atoms. The van der Waals surface area contributed by atoms with Crippen molar-refractivity contribution in [2.24, 2.45) is 0 Å². The Balaban J connectivity index is 2.26. The molecule has 164 valence electrons. The lowest BCUT2D eigenvalue weighted by Crippen LogP contribution is -2.40. The van der Waals surface area contributed by atoms with E-state index in [9.17, 15) is 15.0 Å². The van der Waals surface area contributed by atoms with Crippen LogP contribution in [0, 0.1) is 13.8 Å². The zero-order valence-corrected chi connectivity index (χ0v) is 19.6.